The Bertz CT molecular complexity index is 1280. The molecule has 2 aromatic carbocycles. The highest BCUT2D eigenvalue weighted by Crippen LogP contribution is 2.40. The summed E-state index contributed by atoms with van der Waals surface area (Å²) in [6, 6.07) is 18.4. The van der Waals surface area contributed by atoms with Crippen LogP contribution in [0, 0.1) is 0 Å². The highest BCUT2D eigenvalue weighted by molar-refractivity contribution is 6.29. The Morgan fingerprint density at radius 2 is 1.85 bits per heavy atom. The first-order valence-corrected chi connectivity index (χ1v) is 12.1. The lowest BCUT2D eigenvalue weighted by Gasteiger charge is -2.22. The lowest BCUT2D eigenvalue weighted by Crippen LogP contribution is -2.23. The first-order chi connectivity index (χ1) is 16.6. The van der Waals surface area contributed by atoms with Gasteiger partial charge in [-0.1, -0.05) is 54.1 Å². The van der Waals surface area contributed by atoms with Crippen molar-refractivity contribution < 1.29 is 4.74 Å². The van der Waals surface area contributed by atoms with Crippen molar-refractivity contribution in [3.8, 4) is 11.4 Å². The van der Waals surface area contributed by atoms with Crippen LogP contribution in [0.15, 0.2) is 67.1 Å². The summed E-state index contributed by atoms with van der Waals surface area (Å²) in [5.41, 5.74) is 4.43. The third-order valence-corrected chi connectivity index (χ3v) is 6.52. The molecular formula is C26H25Cl2N5O. The van der Waals surface area contributed by atoms with Crippen LogP contribution in [0.3, 0.4) is 0 Å². The van der Waals surface area contributed by atoms with Gasteiger partial charge in [0.25, 0.3) is 0 Å². The molecule has 5 rings (SSSR count). The van der Waals surface area contributed by atoms with Gasteiger partial charge in [0.2, 0.25) is 5.28 Å². The van der Waals surface area contributed by atoms with E-state index >= 15 is 0 Å². The summed E-state index contributed by atoms with van der Waals surface area (Å²) in [5.74, 6) is 1.97. The summed E-state index contributed by atoms with van der Waals surface area (Å²) in [6.45, 7) is 1.35. The zero-order chi connectivity index (χ0) is 23.5. The third kappa shape index (κ3) is 4.74. The molecule has 174 valence electrons. The number of fused-ring (bicyclic) bond motifs is 1. The topological polar surface area (TPSA) is 56.1 Å². The number of aromatic nitrogens is 4. The second-order valence-electron chi connectivity index (χ2n) is 8.38. The van der Waals surface area contributed by atoms with E-state index in [0.717, 1.165) is 48.8 Å². The Morgan fingerprint density at radius 1 is 1.06 bits per heavy atom. The molecule has 0 aliphatic heterocycles. The van der Waals surface area contributed by atoms with Crippen molar-refractivity contribution in [2.45, 2.75) is 25.2 Å². The number of anilines is 1. The van der Waals surface area contributed by atoms with Gasteiger partial charge >= 0.3 is 0 Å². The Hall–Kier alpha value is -3.09. The standard InChI is InChI=1S/C26H25Cl2N5O/c1-32(14-7-15-34-22-11-6-5-10-21(22)33-16-23(27)29-17-33)25-20-13-12-19(18-8-3-2-4-9-18)24(20)30-26(28)31-25/h2-6,8-11,16-17,19H,7,12-15H2,1H3. The normalized spacial score (nSPS) is 14.7. The molecule has 2 heterocycles. The van der Waals surface area contributed by atoms with Crippen LogP contribution in [0.1, 0.15) is 35.6 Å². The maximum absolute atomic E-state index is 6.35. The molecule has 1 atom stereocenters. The number of benzene rings is 2. The maximum atomic E-state index is 6.35. The Labute approximate surface area is 209 Å². The fourth-order valence-electron chi connectivity index (χ4n) is 4.55. The summed E-state index contributed by atoms with van der Waals surface area (Å²) in [7, 11) is 2.05. The van der Waals surface area contributed by atoms with Crippen molar-refractivity contribution in [3.05, 3.63) is 94.4 Å². The minimum atomic E-state index is 0.264. The van der Waals surface area contributed by atoms with E-state index in [0.29, 0.717) is 17.0 Å². The smallest absolute Gasteiger partial charge is 0.224 e. The van der Waals surface area contributed by atoms with Crippen LogP contribution < -0.4 is 9.64 Å². The van der Waals surface area contributed by atoms with Crippen LogP contribution in [0.4, 0.5) is 5.82 Å². The molecule has 8 heteroatoms. The highest BCUT2D eigenvalue weighted by atomic mass is 35.5. The molecule has 0 amide bonds. The van der Waals surface area contributed by atoms with E-state index in [1.54, 1.807) is 12.5 Å². The van der Waals surface area contributed by atoms with Crippen LogP contribution >= 0.6 is 23.2 Å². The molecular weight excluding hydrogens is 469 g/mol. The summed E-state index contributed by atoms with van der Waals surface area (Å²) >= 11 is 12.3. The molecule has 1 aliphatic rings. The van der Waals surface area contributed by atoms with Crippen LogP contribution in [-0.4, -0.2) is 39.7 Å². The number of nitrogens with zero attached hydrogens (tertiary/aromatic N) is 5. The highest BCUT2D eigenvalue weighted by Gasteiger charge is 2.30. The predicted molar refractivity (Wildman–Crippen MR) is 136 cm³/mol. The fraction of sp³-hybridized carbons (Fsp3) is 0.269. The van der Waals surface area contributed by atoms with Crippen molar-refractivity contribution in [1.29, 1.82) is 0 Å². The molecule has 0 radical (unpaired) electrons. The molecule has 0 fully saturated rings. The molecule has 1 aliphatic carbocycles. The number of rotatable bonds is 8. The SMILES string of the molecule is CN(CCCOc1ccccc1-n1cnc(Cl)c1)c1nc(Cl)nc2c1CCC2c1ccccc1. The van der Waals surface area contributed by atoms with Gasteiger partial charge in [-0.15, -0.1) is 0 Å². The lowest BCUT2D eigenvalue weighted by atomic mass is 9.97. The van der Waals surface area contributed by atoms with E-state index in [1.807, 2.05) is 34.9 Å². The summed E-state index contributed by atoms with van der Waals surface area (Å²) in [4.78, 5) is 15.4. The Kier molecular flexibility index (Phi) is 6.70. The van der Waals surface area contributed by atoms with E-state index < -0.39 is 0 Å². The van der Waals surface area contributed by atoms with E-state index in [4.69, 9.17) is 27.9 Å². The van der Waals surface area contributed by atoms with Gasteiger partial charge in [-0.05, 0) is 48.6 Å². The van der Waals surface area contributed by atoms with Gasteiger partial charge in [-0.3, -0.25) is 0 Å². The number of para-hydroxylation sites is 2. The van der Waals surface area contributed by atoms with Gasteiger partial charge in [0, 0.05) is 31.3 Å². The van der Waals surface area contributed by atoms with Crippen LogP contribution in [0.25, 0.3) is 5.69 Å². The Balaban J connectivity index is 1.25. The number of imidazole rings is 1. The van der Waals surface area contributed by atoms with Crippen LogP contribution in [-0.2, 0) is 6.42 Å². The average Bonchev–Trinajstić information content (AvgIpc) is 3.48. The lowest BCUT2D eigenvalue weighted by molar-refractivity contribution is 0.311. The van der Waals surface area contributed by atoms with Crippen molar-refractivity contribution in [3.63, 3.8) is 0 Å². The van der Waals surface area contributed by atoms with E-state index in [2.05, 4.69) is 51.2 Å². The van der Waals surface area contributed by atoms with E-state index in [9.17, 15) is 0 Å². The monoisotopic (exact) mass is 493 g/mol. The molecule has 4 aromatic rings. The van der Waals surface area contributed by atoms with Gasteiger partial charge in [0.15, 0.2) is 0 Å². The zero-order valence-corrected chi connectivity index (χ0v) is 20.4. The molecule has 2 aromatic heterocycles. The summed E-state index contributed by atoms with van der Waals surface area (Å²) in [6.07, 6.45) is 6.24. The van der Waals surface area contributed by atoms with E-state index in [1.165, 1.54) is 11.1 Å². The number of ether oxygens (including phenoxy) is 1. The Morgan fingerprint density at radius 3 is 2.65 bits per heavy atom. The number of hydrogen-bond donors (Lipinski definition) is 0. The minimum Gasteiger partial charge on any atom is -0.491 e. The van der Waals surface area contributed by atoms with Gasteiger partial charge in [0.1, 0.15) is 23.0 Å². The number of halogens is 2. The fourth-order valence-corrected chi connectivity index (χ4v) is 4.87. The summed E-state index contributed by atoms with van der Waals surface area (Å²) < 4.78 is 7.96. The first-order valence-electron chi connectivity index (χ1n) is 11.3. The number of hydrogen-bond acceptors (Lipinski definition) is 5. The van der Waals surface area contributed by atoms with Crippen molar-refractivity contribution >= 4 is 29.0 Å². The quantitative estimate of drug-likeness (QED) is 0.224. The molecule has 0 saturated heterocycles. The average molecular weight is 494 g/mol. The molecule has 0 spiro atoms. The van der Waals surface area contributed by atoms with Crippen molar-refractivity contribution in [2.75, 3.05) is 25.1 Å². The largest absolute Gasteiger partial charge is 0.491 e. The van der Waals surface area contributed by atoms with Gasteiger partial charge in [0.05, 0.1) is 18.0 Å². The molecule has 6 nitrogen and oxygen atoms in total. The van der Waals surface area contributed by atoms with Crippen molar-refractivity contribution in [2.24, 2.45) is 0 Å². The zero-order valence-electron chi connectivity index (χ0n) is 18.9. The first kappa shape index (κ1) is 22.7. The second kappa shape index (κ2) is 10.0. The summed E-state index contributed by atoms with van der Waals surface area (Å²) in [5, 5.41) is 0.745. The predicted octanol–water partition coefficient (Wildman–Crippen LogP) is 5.95. The van der Waals surface area contributed by atoms with Crippen LogP contribution in [0.5, 0.6) is 5.75 Å². The molecule has 34 heavy (non-hydrogen) atoms. The molecule has 0 bridgehead atoms. The van der Waals surface area contributed by atoms with Crippen LogP contribution in [0.2, 0.25) is 10.4 Å². The maximum Gasteiger partial charge on any atom is 0.224 e. The van der Waals surface area contributed by atoms with E-state index in [-0.39, 0.29) is 5.92 Å². The molecule has 0 N–H and O–H groups in total. The van der Waals surface area contributed by atoms with Gasteiger partial charge in [-0.2, -0.15) is 0 Å². The van der Waals surface area contributed by atoms with Crippen molar-refractivity contribution in [1.82, 2.24) is 19.5 Å². The van der Waals surface area contributed by atoms with Gasteiger partial charge < -0.3 is 14.2 Å². The minimum absolute atomic E-state index is 0.264. The molecule has 0 saturated carbocycles. The second-order valence-corrected chi connectivity index (χ2v) is 9.10. The third-order valence-electron chi connectivity index (χ3n) is 6.16. The van der Waals surface area contributed by atoms with Gasteiger partial charge in [-0.25, -0.2) is 15.0 Å². The molecule has 1 unspecified atom stereocenters.